The van der Waals surface area contributed by atoms with Gasteiger partial charge in [0.15, 0.2) is 12.6 Å². The third kappa shape index (κ3) is 7.51. The number of hydrogen-bond donors (Lipinski definition) is 4. The number of rotatable bonds is 7. The largest absolute Gasteiger partial charge is 0.482 e. The number of esters is 1. The third-order valence-corrected chi connectivity index (χ3v) is 4.47. The van der Waals surface area contributed by atoms with Gasteiger partial charge in [-0.25, -0.2) is 9.79 Å². The molecule has 1 aliphatic rings. The number of guanidine groups is 1. The molecule has 0 aromatic heterocycles. The van der Waals surface area contributed by atoms with Crippen LogP contribution in [0.15, 0.2) is 47.5 Å². The molecule has 1 amide bonds. The first-order valence-corrected chi connectivity index (χ1v) is 9.79. The van der Waals surface area contributed by atoms with Gasteiger partial charge in [-0.2, -0.15) is 0 Å². The van der Waals surface area contributed by atoms with Gasteiger partial charge in [0.25, 0.3) is 11.9 Å². The van der Waals surface area contributed by atoms with E-state index in [0.29, 0.717) is 29.1 Å². The Morgan fingerprint density at radius 3 is 2.39 bits per heavy atom. The maximum absolute atomic E-state index is 12.6. The molecule has 2 aromatic rings. The summed E-state index contributed by atoms with van der Waals surface area (Å²) < 4.78 is 9.79. The van der Waals surface area contributed by atoms with Gasteiger partial charge in [0.2, 0.25) is 0 Å². The molecule has 0 spiro atoms. The second kappa shape index (κ2) is 11.5. The van der Waals surface area contributed by atoms with Crippen molar-refractivity contribution >= 4 is 29.5 Å². The average molecular weight is 458 g/mol. The molecule has 6 N–H and O–H groups in total. The van der Waals surface area contributed by atoms with Gasteiger partial charge in [-0.05, 0) is 41.5 Å². The van der Waals surface area contributed by atoms with Crippen molar-refractivity contribution in [2.45, 2.75) is 19.6 Å². The molecule has 0 bridgehead atoms. The number of carbonyl (C=O) groups is 3. The number of carboxylic acids is 1. The number of methoxy groups -OCH3 is 1. The lowest BCUT2D eigenvalue weighted by atomic mass is 10.1. The van der Waals surface area contributed by atoms with E-state index in [-0.39, 0.29) is 25.0 Å². The van der Waals surface area contributed by atoms with Gasteiger partial charge in [0.1, 0.15) is 5.75 Å². The van der Waals surface area contributed by atoms with Crippen molar-refractivity contribution in [1.82, 2.24) is 4.90 Å². The van der Waals surface area contributed by atoms with Crippen LogP contribution < -0.4 is 16.2 Å². The summed E-state index contributed by atoms with van der Waals surface area (Å²) in [5.41, 5.74) is 13.3. The van der Waals surface area contributed by atoms with Gasteiger partial charge in [0, 0.05) is 19.0 Å². The van der Waals surface area contributed by atoms with E-state index in [4.69, 9.17) is 26.1 Å². The number of hydrogen-bond acceptors (Lipinski definition) is 7. The molecule has 0 saturated heterocycles. The average Bonchev–Trinajstić information content (AvgIpc) is 3.06. The maximum Gasteiger partial charge on any atom is 0.343 e. The highest BCUT2D eigenvalue weighted by molar-refractivity contribution is 5.99. The van der Waals surface area contributed by atoms with E-state index in [1.807, 2.05) is 0 Å². The molecule has 0 fully saturated rings. The number of nitrogens with zero attached hydrogens (tertiary/aromatic N) is 2. The Labute approximate surface area is 190 Å². The highest BCUT2D eigenvalue weighted by Gasteiger charge is 2.29. The Kier molecular flexibility index (Phi) is 8.75. The number of amides is 1. The van der Waals surface area contributed by atoms with Crippen LogP contribution in [-0.2, 0) is 20.9 Å². The number of carbonyl (C=O) groups excluding carboxylic acids is 2. The third-order valence-electron chi connectivity index (χ3n) is 4.47. The number of β-amino-alcohol motifs (C(OH)–C–C–N with tert-alkyl or cyclic N) is 1. The molecule has 0 saturated carbocycles. The number of ether oxygens (including phenoxy) is 2. The van der Waals surface area contributed by atoms with Gasteiger partial charge in [0.05, 0.1) is 25.4 Å². The number of nitrogens with two attached hydrogens (primary N) is 2. The van der Waals surface area contributed by atoms with Crippen molar-refractivity contribution in [2.24, 2.45) is 16.5 Å². The fourth-order valence-corrected chi connectivity index (χ4v) is 3.03. The van der Waals surface area contributed by atoms with E-state index in [9.17, 15) is 14.7 Å². The van der Waals surface area contributed by atoms with Gasteiger partial charge >= 0.3 is 5.97 Å². The second-order valence-electron chi connectivity index (χ2n) is 7.03. The summed E-state index contributed by atoms with van der Waals surface area (Å²) in [6, 6.07) is 11.8. The van der Waals surface area contributed by atoms with Crippen LogP contribution in [0.25, 0.3) is 0 Å². The molecule has 0 radical (unpaired) electrons. The number of aliphatic carboxylic acids is 1. The van der Waals surface area contributed by atoms with Crippen molar-refractivity contribution in [1.29, 1.82) is 0 Å². The number of benzene rings is 2. The van der Waals surface area contributed by atoms with E-state index in [1.165, 1.54) is 7.11 Å². The number of carboxylic acid groups (broad SMARTS) is 1. The molecule has 1 atom stereocenters. The number of aliphatic imine (C=N–C) groups is 1. The molecule has 0 aliphatic carbocycles. The lowest BCUT2D eigenvalue weighted by Gasteiger charge is -2.20. The normalized spacial score (nSPS) is 12.7. The highest BCUT2D eigenvalue weighted by Crippen LogP contribution is 2.29. The lowest BCUT2D eigenvalue weighted by Crippen LogP contribution is -2.29. The zero-order chi connectivity index (χ0) is 24.5. The van der Waals surface area contributed by atoms with E-state index < -0.39 is 18.0 Å². The van der Waals surface area contributed by atoms with E-state index in [1.54, 1.807) is 47.4 Å². The van der Waals surface area contributed by atoms with Crippen LogP contribution in [-0.4, -0.2) is 59.2 Å². The van der Waals surface area contributed by atoms with Crippen LogP contribution in [0.1, 0.15) is 34.5 Å². The first-order valence-electron chi connectivity index (χ1n) is 9.79. The van der Waals surface area contributed by atoms with Crippen LogP contribution in [0.3, 0.4) is 0 Å². The van der Waals surface area contributed by atoms with Gasteiger partial charge < -0.3 is 36.1 Å². The number of aliphatic hydroxyl groups is 1. The van der Waals surface area contributed by atoms with Crippen molar-refractivity contribution < 1.29 is 34.1 Å². The van der Waals surface area contributed by atoms with Gasteiger partial charge in [-0.1, -0.05) is 12.1 Å². The molecule has 1 unspecified atom stereocenters. The van der Waals surface area contributed by atoms with Crippen LogP contribution in [0.2, 0.25) is 0 Å². The Balaban J connectivity index is 0.000000890. The quantitative estimate of drug-likeness (QED) is 0.267. The van der Waals surface area contributed by atoms with Crippen molar-refractivity contribution in [3.8, 4) is 5.75 Å². The molecule has 1 aliphatic heterocycles. The second-order valence-corrected chi connectivity index (χ2v) is 7.03. The molecule has 2 aromatic carbocycles. The topological polar surface area (TPSA) is 178 Å². The van der Waals surface area contributed by atoms with Gasteiger partial charge in [-0.3, -0.25) is 9.59 Å². The number of fused-ring (bicyclic) bond motifs is 1. The van der Waals surface area contributed by atoms with E-state index >= 15 is 0 Å². The molecule has 3 rings (SSSR count). The predicted octanol–water partition coefficient (Wildman–Crippen LogP) is 0.924. The minimum atomic E-state index is -0.875. The zero-order valence-electron chi connectivity index (χ0n) is 18.2. The summed E-state index contributed by atoms with van der Waals surface area (Å²) in [6.07, 6.45) is -0.875. The summed E-state index contributed by atoms with van der Waals surface area (Å²) in [4.78, 5) is 38.3. The minimum Gasteiger partial charge on any atom is -0.482 e. The fourth-order valence-electron chi connectivity index (χ4n) is 3.03. The standard InChI is InChI=1S/C20H22N4O5.C2H4O2/c1-28-18(26)11-29-15-5-2-12(3-6-15)17(25)10-24-9-13-8-14(23-20(21)22)4-7-16(13)19(24)27;1-2(3)4/h2-8,17,25H,9-11H2,1H3,(H4,21,22,23);1H3,(H,3,4). The van der Waals surface area contributed by atoms with Crippen LogP contribution in [0, 0.1) is 0 Å². The zero-order valence-corrected chi connectivity index (χ0v) is 18.2. The fraction of sp³-hybridized carbons (Fsp3) is 0.273. The predicted molar refractivity (Wildman–Crippen MR) is 119 cm³/mol. The minimum absolute atomic E-state index is 0.0550. The first kappa shape index (κ1) is 25.1. The SMILES string of the molecule is CC(=O)O.COC(=O)COc1ccc(C(O)CN2Cc3cc(N=C(N)N)ccc3C2=O)cc1. The van der Waals surface area contributed by atoms with Crippen LogP contribution in [0.4, 0.5) is 5.69 Å². The number of aliphatic hydroxyl groups excluding tert-OH is 1. The van der Waals surface area contributed by atoms with Gasteiger partial charge in [-0.15, -0.1) is 0 Å². The summed E-state index contributed by atoms with van der Waals surface area (Å²) in [7, 11) is 1.28. The maximum atomic E-state index is 12.6. The van der Waals surface area contributed by atoms with Crippen LogP contribution >= 0.6 is 0 Å². The summed E-state index contributed by atoms with van der Waals surface area (Å²) in [5.74, 6) is -1.05. The Morgan fingerprint density at radius 2 is 1.82 bits per heavy atom. The monoisotopic (exact) mass is 458 g/mol. The molecular weight excluding hydrogens is 432 g/mol. The molecule has 176 valence electrons. The Bertz CT molecular complexity index is 1030. The van der Waals surface area contributed by atoms with Crippen LogP contribution in [0.5, 0.6) is 5.75 Å². The molecule has 11 heteroatoms. The summed E-state index contributed by atoms with van der Waals surface area (Å²) in [5, 5.41) is 18.0. The summed E-state index contributed by atoms with van der Waals surface area (Å²) >= 11 is 0. The smallest absolute Gasteiger partial charge is 0.343 e. The van der Waals surface area contributed by atoms with Crippen molar-refractivity contribution in [2.75, 3.05) is 20.3 Å². The lowest BCUT2D eigenvalue weighted by molar-refractivity contribution is -0.143. The summed E-state index contributed by atoms with van der Waals surface area (Å²) in [6.45, 7) is 1.38. The first-order chi connectivity index (χ1) is 15.6. The van der Waals surface area contributed by atoms with Crippen molar-refractivity contribution in [3.63, 3.8) is 0 Å². The Morgan fingerprint density at radius 1 is 1.18 bits per heavy atom. The molecule has 1 heterocycles. The van der Waals surface area contributed by atoms with E-state index in [2.05, 4.69) is 9.73 Å². The molecule has 33 heavy (non-hydrogen) atoms. The van der Waals surface area contributed by atoms with Crippen molar-refractivity contribution in [3.05, 3.63) is 59.2 Å². The Hall–Kier alpha value is -4.12. The highest BCUT2D eigenvalue weighted by atomic mass is 16.6. The molecule has 11 nitrogen and oxygen atoms in total. The van der Waals surface area contributed by atoms with E-state index in [0.717, 1.165) is 12.5 Å². The molecular formula is C22H26N4O7.